The number of rotatable bonds is 3. The average Bonchev–Trinajstić information content (AvgIpc) is 2.65. The summed E-state index contributed by atoms with van der Waals surface area (Å²) in [6.45, 7) is 0. The molecular weight excluding hydrogens is 279 g/mol. The molecule has 1 aromatic carbocycles. The summed E-state index contributed by atoms with van der Waals surface area (Å²) in [7, 11) is -3.03. The van der Waals surface area contributed by atoms with Gasteiger partial charge in [-0.1, -0.05) is 23.7 Å². The van der Waals surface area contributed by atoms with E-state index in [0.717, 1.165) is 0 Å². The molecule has 18 heavy (non-hydrogen) atoms. The second-order valence-electron chi connectivity index (χ2n) is 4.65. The summed E-state index contributed by atoms with van der Waals surface area (Å²) in [5, 5.41) is 9.99. The van der Waals surface area contributed by atoms with Gasteiger partial charge in [0.15, 0.2) is 9.84 Å². The molecule has 1 fully saturated rings. The Bertz CT molecular complexity index is 544. The lowest BCUT2D eigenvalue weighted by Gasteiger charge is -2.17. The summed E-state index contributed by atoms with van der Waals surface area (Å²) in [5.74, 6) is -0.768. The molecule has 1 heterocycles. The summed E-state index contributed by atoms with van der Waals surface area (Å²) in [6.07, 6.45) is -0.326. The minimum atomic E-state index is -3.03. The summed E-state index contributed by atoms with van der Waals surface area (Å²) < 4.78 is 36.3. The van der Waals surface area contributed by atoms with Gasteiger partial charge in [0.2, 0.25) is 0 Å². The fourth-order valence-corrected chi connectivity index (χ4v) is 4.29. The number of sulfone groups is 1. The fraction of sp³-hybridized carbons (Fsp3) is 0.500. The van der Waals surface area contributed by atoms with Crippen molar-refractivity contribution >= 4 is 21.4 Å². The summed E-state index contributed by atoms with van der Waals surface area (Å²) in [4.78, 5) is 0. The molecule has 1 aliphatic rings. The second-order valence-corrected chi connectivity index (χ2v) is 7.28. The van der Waals surface area contributed by atoms with Gasteiger partial charge in [0.05, 0.1) is 22.6 Å². The van der Waals surface area contributed by atoms with Crippen molar-refractivity contribution in [2.75, 3.05) is 11.5 Å². The van der Waals surface area contributed by atoms with Gasteiger partial charge in [-0.05, 0) is 18.1 Å². The van der Waals surface area contributed by atoms with Crippen LogP contribution in [0.5, 0.6) is 0 Å². The smallest absolute Gasteiger partial charge is 0.150 e. The standard InChI is InChI=1S/C12H14ClFO3S/c13-10-3-1-2-8(12(10)14)6-11(15)9-4-5-18(16,17)7-9/h1-3,9,11,15H,4-7H2. The third-order valence-corrected chi connectivity index (χ3v) is 5.36. The molecule has 0 amide bonds. The van der Waals surface area contributed by atoms with Crippen LogP contribution in [0.25, 0.3) is 0 Å². The lowest BCUT2D eigenvalue weighted by atomic mass is 9.95. The van der Waals surface area contributed by atoms with Crippen LogP contribution in [0, 0.1) is 11.7 Å². The Kier molecular flexibility index (Phi) is 3.94. The Morgan fingerprint density at radius 3 is 2.83 bits per heavy atom. The zero-order valence-corrected chi connectivity index (χ0v) is 11.2. The molecule has 1 N–H and O–H groups in total. The molecule has 6 heteroatoms. The van der Waals surface area contributed by atoms with Crippen LogP contribution in [0.15, 0.2) is 18.2 Å². The van der Waals surface area contributed by atoms with Crippen LogP contribution in [0.3, 0.4) is 0 Å². The van der Waals surface area contributed by atoms with Crippen molar-refractivity contribution in [1.82, 2.24) is 0 Å². The third-order valence-electron chi connectivity index (χ3n) is 3.27. The highest BCUT2D eigenvalue weighted by Gasteiger charge is 2.33. The number of halogens is 2. The van der Waals surface area contributed by atoms with Crippen LogP contribution < -0.4 is 0 Å². The molecule has 0 spiro atoms. The van der Waals surface area contributed by atoms with E-state index in [2.05, 4.69) is 0 Å². The van der Waals surface area contributed by atoms with Crippen molar-refractivity contribution in [3.8, 4) is 0 Å². The molecule has 2 atom stereocenters. The van der Waals surface area contributed by atoms with Gasteiger partial charge in [-0.15, -0.1) is 0 Å². The van der Waals surface area contributed by atoms with Crippen molar-refractivity contribution in [3.05, 3.63) is 34.6 Å². The first kappa shape index (κ1) is 13.8. The van der Waals surface area contributed by atoms with Gasteiger partial charge >= 0.3 is 0 Å². The Morgan fingerprint density at radius 1 is 1.50 bits per heavy atom. The number of hydrogen-bond donors (Lipinski definition) is 1. The predicted octanol–water partition coefficient (Wildman–Crippen LogP) is 1.82. The van der Waals surface area contributed by atoms with E-state index in [4.69, 9.17) is 11.6 Å². The SMILES string of the molecule is O=S1(=O)CCC(C(O)Cc2cccc(Cl)c2F)C1. The fourth-order valence-electron chi connectivity index (χ4n) is 2.23. The Labute approximate surface area is 111 Å². The highest BCUT2D eigenvalue weighted by atomic mass is 35.5. The van der Waals surface area contributed by atoms with Crippen molar-refractivity contribution in [3.63, 3.8) is 0 Å². The first-order valence-corrected chi connectivity index (χ1v) is 7.90. The number of benzene rings is 1. The van der Waals surface area contributed by atoms with Crippen LogP contribution in [-0.2, 0) is 16.3 Å². The number of aliphatic hydroxyl groups excluding tert-OH is 1. The highest BCUT2D eigenvalue weighted by molar-refractivity contribution is 7.91. The van der Waals surface area contributed by atoms with E-state index < -0.39 is 21.8 Å². The summed E-state index contributed by atoms with van der Waals surface area (Å²) in [5.41, 5.74) is 0.319. The summed E-state index contributed by atoms with van der Waals surface area (Å²) in [6, 6.07) is 4.60. The minimum absolute atomic E-state index is 0.0127. The quantitative estimate of drug-likeness (QED) is 0.924. The first-order chi connectivity index (χ1) is 8.39. The zero-order chi connectivity index (χ0) is 13.3. The molecule has 2 rings (SSSR count). The van der Waals surface area contributed by atoms with Gasteiger partial charge in [-0.25, -0.2) is 12.8 Å². The molecule has 0 saturated carbocycles. The lowest BCUT2D eigenvalue weighted by molar-refractivity contribution is 0.119. The molecule has 0 aromatic heterocycles. The number of hydrogen-bond acceptors (Lipinski definition) is 3. The highest BCUT2D eigenvalue weighted by Crippen LogP contribution is 2.26. The monoisotopic (exact) mass is 292 g/mol. The van der Waals surface area contributed by atoms with Crippen molar-refractivity contribution < 1.29 is 17.9 Å². The van der Waals surface area contributed by atoms with Crippen molar-refractivity contribution in [2.24, 2.45) is 5.92 Å². The van der Waals surface area contributed by atoms with Gasteiger partial charge < -0.3 is 5.11 Å². The van der Waals surface area contributed by atoms with E-state index in [0.29, 0.717) is 12.0 Å². The molecule has 1 aromatic rings. The van der Waals surface area contributed by atoms with E-state index in [1.54, 1.807) is 12.1 Å². The topological polar surface area (TPSA) is 54.4 Å². The predicted molar refractivity (Wildman–Crippen MR) is 67.9 cm³/mol. The maximum Gasteiger partial charge on any atom is 0.150 e. The zero-order valence-electron chi connectivity index (χ0n) is 9.64. The second kappa shape index (κ2) is 5.15. The molecule has 100 valence electrons. The molecular formula is C12H14ClFO3S. The molecule has 1 saturated heterocycles. The minimum Gasteiger partial charge on any atom is -0.392 e. The normalized spacial score (nSPS) is 24.1. The largest absolute Gasteiger partial charge is 0.392 e. The molecule has 0 aliphatic carbocycles. The number of aliphatic hydroxyl groups is 1. The maximum atomic E-state index is 13.6. The third kappa shape index (κ3) is 3.02. The van der Waals surface area contributed by atoms with E-state index >= 15 is 0 Å². The van der Waals surface area contributed by atoms with Crippen LogP contribution >= 0.6 is 11.6 Å². The van der Waals surface area contributed by atoms with Crippen molar-refractivity contribution in [2.45, 2.75) is 18.9 Å². The van der Waals surface area contributed by atoms with E-state index in [9.17, 15) is 17.9 Å². The van der Waals surface area contributed by atoms with Crippen LogP contribution in [-0.4, -0.2) is 31.1 Å². The first-order valence-electron chi connectivity index (χ1n) is 5.70. The van der Waals surface area contributed by atoms with Crippen LogP contribution in [0.1, 0.15) is 12.0 Å². The molecule has 0 bridgehead atoms. The van der Waals surface area contributed by atoms with Gasteiger partial charge in [-0.2, -0.15) is 0 Å². The van der Waals surface area contributed by atoms with Gasteiger partial charge in [0, 0.05) is 12.3 Å². The maximum absolute atomic E-state index is 13.6. The Balaban J connectivity index is 2.08. The average molecular weight is 293 g/mol. The lowest BCUT2D eigenvalue weighted by Crippen LogP contribution is -2.24. The van der Waals surface area contributed by atoms with Gasteiger partial charge in [0.25, 0.3) is 0 Å². The molecule has 2 unspecified atom stereocenters. The van der Waals surface area contributed by atoms with Gasteiger partial charge in [0.1, 0.15) is 5.82 Å². The molecule has 1 aliphatic heterocycles. The molecule has 3 nitrogen and oxygen atoms in total. The van der Waals surface area contributed by atoms with E-state index in [-0.39, 0.29) is 28.9 Å². The Hall–Kier alpha value is -0.650. The van der Waals surface area contributed by atoms with Crippen molar-refractivity contribution in [1.29, 1.82) is 0 Å². The molecule has 0 radical (unpaired) electrons. The van der Waals surface area contributed by atoms with E-state index in [1.807, 2.05) is 0 Å². The van der Waals surface area contributed by atoms with Gasteiger partial charge in [-0.3, -0.25) is 0 Å². The summed E-state index contributed by atoms with van der Waals surface area (Å²) >= 11 is 5.65. The van der Waals surface area contributed by atoms with E-state index in [1.165, 1.54) is 6.07 Å². The van der Waals surface area contributed by atoms with Crippen LogP contribution in [0.4, 0.5) is 4.39 Å². The van der Waals surface area contributed by atoms with Crippen LogP contribution in [0.2, 0.25) is 5.02 Å². The Morgan fingerprint density at radius 2 is 2.22 bits per heavy atom.